The van der Waals surface area contributed by atoms with Gasteiger partial charge in [0, 0.05) is 18.3 Å². The first-order chi connectivity index (χ1) is 14.2. The summed E-state index contributed by atoms with van der Waals surface area (Å²) in [5.74, 6) is -1.18. The summed E-state index contributed by atoms with van der Waals surface area (Å²) in [6, 6.07) is 11.7. The summed E-state index contributed by atoms with van der Waals surface area (Å²) in [4.78, 5) is 17.3. The number of hydrogen-bond donors (Lipinski definition) is 1. The predicted molar refractivity (Wildman–Crippen MR) is 103 cm³/mol. The van der Waals surface area contributed by atoms with Crippen molar-refractivity contribution in [1.29, 1.82) is 0 Å². The molecule has 152 valence electrons. The van der Waals surface area contributed by atoms with Gasteiger partial charge in [-0.2, -0.15) is 18.3 Å². The quantitative estimate of drug-likeness (QED) is 0.478. The average molecular weight is 414 g/mol. The summed E-state index contributed by atoms with van der Waals surface area (Å²) in [5, 5.41) is 6.94. The van der Waals surface area contributed by atoms with Crippen LogP contribution in [0.15, 0.2) is 60.8 Å². The predicted octanol–water partition coefficient (Wildman–Crippen LogP) is 5.05. The van der Waals surface area contributed by atoms with E-state index in [9.17, 15) is 22.4 Å². The Morgan fingerprint density at radius 2 is 1.83 bits per heavy atom. The maximum absolute atomic E-state index is 14.3. The van der Waals surface area contributed by atoms with E-state index in [-0.39, 0.29) is 22.5 Å². The van der Waals surface area contributed by atoms with Gasteiger partial charge in [0.25, 0.3) is 5.91 Å². The minimum absolute atomic E-state index is 0.0175. The molecule has 0 aliphatic heterocycles. The standard InChI is InChI=1S/C21H14F4N4O/c1-29-19-16(11-26-29)15(10-18(28-19)14-7-2-3-8-17(14)22)20(30)27-13-6-4-5-12(9-13)21(23,24)25/h2-11H,1H3,(H,27,30). The van der Waals surface area contributed by atoms with Crippen LogP contribution in [0.5, 0.6) is 0 Å². The molecule has 0 atom stereocenters. The van der Waals surface area contributed by atoms with Crippen LogP contribution in [-0.4, -0.2) is 20.7 Å². The fraction of sp³-hybridized carbons (Fsp3) is 0.0952. The first-order valence-corrected chi connectivity index (χ1v) is 8.80. The van der Waals surface area contributed by atoms with Crippen molar-refractivity contribution in [2.45, 2.75) is 6.18 Å². The molecule has 4 aromatic rings. The lowest BCUT2D eigenvalue weighted by atomic mass is 10.1. The third kappa shape index (κ3) is 3.61. The number of carbonyl (C=O) groups excluding carboxylic acids is 1. The van der Waals surface area contributed by atoms with Crippen LogP contribution in [0.3, 0.4) is 0 Å². The maximum atomic E-state index is 14.3. The van der Waals surface area contributed by atoms with E-state index in [1.807, 2.05) is 0 Å². The zero-order chi connectivity index (χ0) is 21.5. The van der Waals surface area contributed by atoms with Gasteiger partial charge in [-0.1, -0.05) is 18.2 Å². The highest BCUT2D eigenvalue weighted by Crippen LogP contribution is 2.31. The summed E-state index contributed by atoms with van der Waals surface area (Å²) in [6.07, 6.45) is -3.11. The highest BCUT2D eigenvalue weighted by Gasteiger charge is 2.30. The topological polar surface area (TPSA) is 59.8 Å². The second kappa shape index (κ2) is 7.25. The van der Waals surface area contributed by atoms with E-state index in [0.717, 1.165) is 12.1 Å². The highest BCUT2D eigenvalue weighted by molar-refractivity contribution is 6.12. The summed E-state index contributed by atoms with van der Waals surface area (Å²) >= 11 is 0. The molecule has 1 N–H and O–H groups in total. The molecular formula is C21H14F4N4O. The number of alkyl halides is 3. The smallest absolute Gasteiger partial charge is 0.322 e. The van der Waals surface area contributed by atoms with Crippen LogP contribution < -0.4 is 5.32 Å². The number of aromatic nitrogens is 3. The van der Waals surface area contributed by atoms with Crippen molar-refractivity contribution >= 4 is 22.6 Å². The molecule has 1 amide bonds. The Labute approximate surface area is 168 Å². The van der Waals surface area contributed by atoms with Crippen molar-refractivity contribution in [2.24, 2.45) is 7.05 Å². The minimum Gasteiger partial charge on any atom is -0.322 e. The number of pyridine rings is 1. The zero-order valence-electron chi connectivity index (χ0n) is 15.5. The summed E-state index contributed by atoms with van der Waals surface area (Å²) in [5.41, 5.74) is -0.0504. The first kappa shape index (κ1) is 19.6. The third-order valence-corrected chi connectivity index (χ3v) is 4.55. The Balaban J connectivity index is 1.79. The molecule has 0 saturated carbocycles. The molecular weight excluding hydrogens is 400 g/mol. The van der Waals surface area contributed by atoms with E-state index in [1.54, 1.807) is 13.1 Å². The average Bonchev–Trinajstić information content (AvgIpc) is 3.08. The number of amides is 1. The van der Waals surface area contributed by atoms with Crippen molar-refractivity contribution < 1.29 is 22.4 Å². The van der Waals surface area contributed by atoms with Crippen LogP contribution in [-0.2, 0) is 13.2 Å². The Hall–Kier alpha value is -3.75. The summed E-state index contributed by atoms with van der Waals surface area (Å²) < 4.78 is 54.6. The van der Waals surface area contributed by atoms with Gasteiger partial charge < -0.3 is 5.32 Å². The molecule has 0 aliphatic rings. The molecule has 4 rings (SSSR count). The van der Waals surface area contributed by atoms with Crippen LogP contribution in [0.4, 0.5) is 23.2 Å². The number of hydrogen-bond acceptors (Lipinski definition) is 3. The molecule has 2 heterocycles. The molecule has 0 unspecified atom stereocenters. The molecule has 0 saturated heterocycles. The van der Waals surface area contributed by atoms with Crippen molar-refractivity contribution in [3.05, 3.63) is 77.7 Å². The SMILES string of the molecule is Cn1ncc2c(C(=O)Nc3cccc(C(F)(F)F)c3)cc(-c3ccccc3F)nc21. The number of anilines is 1. The molecule has 2 aromatic carbocycles. The van der Waals surface area contributed by atoms with Gasteiger partial charge in [-0.3, -0.25) is 9.48 Å². The number of fused-ring (bicyclic) bond motifs is 1. The molecule has 0 bridgehead atoms. The van der Waals surface area contributed by atoms with Crippen LogP contribution in [0.25, 0.3) is 22.3 Å². The van der Waals surface area contributed by atoms with Crippen LogP contribution in [0.2, 0.25) is 0 Å². The monoisotopic (exact) mass is 414 g/mol. The van der Waals surface area contributed by atoms with Crippen LogP contribution >= 0.6 is 0 Å². The van der Waals surface area contributed by atoms with E-state index in [2.05, 4.69) is 15.4 Å². The van der Waals surface area contributed by atoms with Crippen LogP contribution in [0.1, 0.15) is 15.9 Å². The number of nitrogens with one attached hydrogen (secondary N) is 1. The van der Waals surface area contributed by atoms with E-state index < -0.39 is 23.5 Å². The number of nitrogens with zero attached hydrogens (tertiary/aromatic N) is 3. The molecule has 9 heteroatoms. The normalized spacial score (nSPS) is 11.6. The van der Waals surface area contributed by atoms with Gasteiger partial charge in [-0.15, -0.1) is 0 Å². The van der Waals surface area contributed by atoms with E-state index >= 15 is 0 Å². The van der Waals surface area contributed by atoms with Crippen molar-refractivity contribution in [3.63, 3.8) is 0 Å². The van der Waals surface area contributed by atoms with Crippen molar-refractivity contribution in [2.75, 3.05) is 5.32 Å². The molecule has 2 aromatic heterocycles. The number of carbonyl (C=O) groups is 1. The molecule has 5 nitrogen and oxygen atoms in total. The lowest BCUT2D eigenvalue weighted by Gasteiger charge is -2.11. The van der Waals surface area contributed by atoms with E-state index in [4.69, 9.17) is 0 Å². The number of benzene rings is 2. The lowest BCUT2D eigenvalue weighted by Crippen LogP contribution is -2.14. The van der Waals surface area contributed by atoms with Crippen LogP contribution in [0, 0.1) is 5.82 Å². The fourth-order valence-electron chi connectivity index (χ4n) is 3.08. The Kier molecular flexibility index (Phi) is 4.73. The minimum atomic E-state index is -4.54. The Morgan fingerprint density at radius 3 is 2.57 bits per heavy atom. The fourth-order valence-corrected chi connectivity index (χ4v) is 3.08. The largest absolute Gasteiger partial charge is 0.416 e. The number of aryl methyl sites for hydroxylation is 1. The van der Waals surface area contributed by atoms with Gasteiger partial charge in [-0.05, 0) is 36.4 Å². The second-order valence-electron chi connectivity index (χ2n) is 6.57. The maximum Gasteiger partial charge on any atom is 0.416 e. The van der Waals surface area contributed by atoms with Gasteiger partial charge in [0.1, 0.15) is 5.82 Å². The van der Waals surface area contributed by atoms with Gasteiger partial charge >= 0.3 is 6.18 Å². The summed E-state index contributed by atoms with van der Waals surface area (Å²) in [7, 11) is 1.62. The molecule has 0 radical (unpaired) electrons. The lowest BCUT2D eigenvalue weighted by molar-refractivity contribution is -0.137. The second-order valence-corrected chi connectivity index (χ2v) is 6.57. The van der Waals surface area contributed by atoms with E-state index in [1.165, 1.54) is 47.3 Å². The summed E-state index contributed by atoms with van der Waals surface area (Å²) in [6.45, 7) is 0. The highest BCUT2D eigenvalue weighted by atomic mass is 19.4. The molecule has 0 aliphatic carbocycles. The van der Waals surface area contributed by atoms with Gasteiger partial charge in [-0.25, -0.2) is 9.37 Å². The first-order valence-electron chi connectivity index (χ1n) is 8.80. The number of halogens is 4. The Bertz CT molecular complexity index is 1260. The molecule has 0 fully saturated rings. The van der Waals surface area contributed by atoms with Crippen molar-refractivity contribution in [1.82, 2.24) is 14.8 Å². The Morgan fingerprint density at radius 1 is 1.07 bits per heavy atom. The van der Waals surface area contributed by atoms with E-state index in [0.29, 0.717) is 11.0 Å². The van der Waals surface area contributed by atoms with Gasteiger partial charge in [0.2, 0.25) is 0 Å². The number of rotatable bonds is 3. The van der Waals surface area contributed by atoms with Gasteiger partial charge in [0.05, 0.1) is 28.4 Å². The third-order valence-electron chi connectivity index (χ3n) is 4.55. The molecule has 0 spiro atoms. The molecule has 30 heavy (non-hydrogen) atoms. The van der Waals surface area contributed by atoms with Gasteiger partial charge in [0.15, 0.2) is 5.65 Å². The zero-order valence-corrected chi connectivity index (χ0v) is 15.5. The van der Waals surface area contributed by atoms with Crippen molar-refractivity contribution in [3.8, 4) is 11.3 Å².